The summed E-state index contributed by atoms with van der Waals surface area (Å²) in [6.45, 7) is 2.84. The van der Waals surface area contributed by atoms with Gasteiger partial charge in [-0.3, -0.25) is 9.20 Å². The van der Waals surface area contributed by atoms with Crippen molar-refractivity contribution in [2.45, 2.75) is 19.3 Å². The molecule has 4 aromatic rings. The molecular formula is C30H29N5O2. The zero-order valence-corrected chi connectivity index (χ0v) is 21.1. The number of aromatic nitrogens is 2. The molecule has 186 valence electrons. The van der Waals surface area contributed by atoms with E-state index in [0.29, 0.717) is 24.5 Å². The second-order valence-electron chi connectivity index (χ2n) is 10.2. The van der Waals surface area contributed by atoms with Crippen molar-refractivity contribution in [2.24, 2.45) is 5.92 Å². The Morgan fingerprint density at radius 2 is 1.92 bits per heavy atom. The van der Waals surface area contributed by atoms with E-state index in [4.69, 9.17) is 4.74 Å². The molecule has 0 aliphatic carbocycles. The lowest BCUT2D eigenvalue weighted by atomic mass is 9.96. The van der Waals surface area contributed by atoms with Gasteiger partial charge in [0.15, 0.2) is 0 Å². The Kier molecular flexibility index (Phi) is 5.90. The van der Waals surface area contributed by atoms with Crippen LogP contribution in [0.1, 0.15) is 24.0 Å². The largest absolute Gasteiger partial charge is 0.491 e. The van der Waals surface area contributed by atoms with E-state index >= 15 is 0 Å². The topological polar surface area (TPSA) is 73.9 Å². The lowest BCUT2D eigenvalue weighted by Gasteiger charge is -2.29. The molecule has 2 aliphatic rings. The maximum absolute atomic E-state index is 12.3. The first-order valence-electron chi connectivity index (χ1n) is 12.7. The Morgan fingerprint density at radius 3 is 2.70 bits per heavy atom. The van der Waals surface area contributed by atoms with Crippen LogP contribution in [0.2, 0.25) is 0 Å². The molecule has 4 heterocycles. The number of nitriles is 1. The molecule has 0 bridgehead atoms. The number of anilines is 1. The SMILES string of the molecule is CN1CCCC(COc2cc(-c3ccc(C#N)cc3)c(-c3ccc4c(c3)CC(=O)N4C)n3cncc23)C1. The zero-order chi connectivity index (χ0) is 25.5. The van der Waals surface area contributed by atoms with Crippen molar-refractivity contribution in [3.8, 4) is 34.2 Å². The smallest absolute Gasteiger partial charge is 0.231 e. The number of nitrogens with zero attached hydrogens (tertiary/aromatic N) is 5. The molecule has 7 heteroatoms. The van der Waals surface area contributed by atoms with Gasteiger partial charge >= 0.3 is 0 Å². The predicted molar refractivity (Wildman–Crippen MR) is 144 cm³/mol. The standard InChI is InChI=1S/C30H29N5O2/c1-33-11-3-4-21(17-33)18-37-28-14-25(22-7-5-20(15-31)6-8-22)30(35-19-32-16-27(28)35)23-9-10-26-24(12-23)13-29(36)34(26)2/h5-10,12,14,16,19,21H,3-4,11,13,17-18H2,1-2H3. The molecule has 0 N–H and O–H groups in total. The van der Waals surface area contributed by atoms with Gasteiger partial charge < -0.3 is 14.5 Å². The third-order valence-corrected chi connectivity index (χ3v) is 7.61. The molecule has 0 saturated carbocycles. The Balaban J connectivity index is 1.48. The number of benzene rings is 2. The molecule has 2 aromatic carbocycles. The summed E-state index contributed by atoms with van der Waals surface area (Å²) in [6.07, 6.45) is 6.43. The van der Waals surface area contributed by atoms with Crippen molar-refractivity contribution < 1.29 is 9.53 Å². The Morgan fingerprint density at radius 1 is 1.11 bits per heavy atom. The van der Waals surface area contributed by atoms with Crippen LogP contribution in [0.25, 0.3) is 27.9 Å². The van der Waals surface area contributed by atoms with Gasteiger partial charge in [-0.15, -0.1) is 0 Å². The summed E-state index contributed by atoms with van der Waals surface area (Å²) in [5, 5.41) is 9.32. The van der Waals surface area contributed by atoms with E-state index in [-0.39, 0.29) is 5.91 Å². The van der Waals surface area contributed by atoms with Gasteiger partial charge in [-0.1, -0.05) is 18.2 Å². The lowest BCUT2D eigenvalue weighted by Crippen LogP contribution is -2.34. The number of likely N-dealkylation sites (tertiary alicyclic amines) is 1. The number of carbonyl (C=O) groups excluding carboxylic acids is 1. The normalized spacial score (nSPS) is 17.7. The summed E-state index contributed by atoms with van der Waals surface area (Å²) < 4.78 is 8.56. The number of fused-ring (bicyclic) bond motifs is 2. The average Bonchev–Trinajstić information content (AvgIpc) is 3.51. The maximum Gasteiger partial charge on any atom is 0.231 e. The zero-order valence-electron chi connectivity index (χ0n) is 21.1. The molecule has 1 amide bonds. The maximum atomic E-state index is 12.3. The first-order chi connectivity index (χ1) is 18.0. The third kappa shape index (κ3) is 4.24. The summed E-state index contributed by atoms with van der Waals surface area (Å²) in [5.74, 6) is 1.39. The number of rotatable bonds is 5. The van der Waals surface area contributed by atoms with Gasteiger partial charge in [-0.2, -0.15) is 5.26 Å². The molecule has 0 spiro atoms. The highest BCUT2D eigenvalue weighted by Crippen LogP contribution is 2.40. The summed E-state index contributed by atoms with van der Waals surface area (Å²) >= 11 is 0. The number of amides is 1. The van der Waals surface area contributed by atoms with Crippen LogP contribution in [0.15, 0.2) is 61.1 Å². The quantitative estimate of drug-likeness (QED) is 0.402. The summed E-state index contributed by atoms with van der Waals surface area (Å²) in [5.41, 5.74) is 7.45. The molecule has 2 aliphatic heterocycles. The first kappa shape index (κ1) is 23.3. The van der Waals surface area contributed by atoms with Crippen molar-refractivity contribution in [1.82, 2.24) is 14.3 Å². The lowest BCUT2D eigenvalue weighted by molar-refractivity contribution is -0.117. The van der Waals surface area contributed by atoms with Gasteiger partial charge in [0.1, 0.15) is 11.3 Å². The fourth-order valence-corrected chi connectivity index (χ4v) is 5.65. The van der Waals surface area contributed by atoms with Crippen LogP contribution in [-0.4, -0.2) is 54.0 Å². The first-order valence-corrected chi connectivity index (χ1v) is 12.7. The Labute approximate surface area is 216 Å². The van der Waals surface area contributed by atoms with Crippen LogP contribution in [0.5, 0.6) is 5.75 Å². The van der Waals surface area contributed by atoms with E-state index in [0.717, 1.165) is 58.0 Å². The van der Waals surface area contributed by atoms with Gasteiger partial charge in [0, 0.05) is 30.8 Å². The molecular weight excluding hydrogens is 462 g/mol. The number of piperidine rings is 1. The van der Waals surface area contributed by atoms with E-state index in [9.17, 15) is 10.1 Å². The van der Waals surface area contributed by atoms with Gasteiger partial charge in [-0.05, 0) is 73.5 Å². The van der Waals surface area contributed by atoms with Gasteiger partial charge in [0.05, 0.1) is 42.9 Å². The minimum absolute atomic E-state index is 0.101. The monoisotopic (exact) mass is 491 g/mol. The number of hydrogen-bond acceptors (Lipinski definition) is 5. The van der Waals surface area contributed by atoms with Crippen LogP contribution in [0.3, 0.4) is 0 Å². The van der Waals surface area contributed by atoms with Crippen molar-refractivity contribution >= 4 is 17.1 Å². The highest BCUT2D eigenvalue weighted by Gasteiger charge is 2.26. The molecule has 0 radical (unpaired) electrons. The number of imidazole rings is 1. The van der Waals surface area contributed by atoms with Gasteiger partial charge in [-0.25, -0.2) is 4.98 Å². The fraction of sp³-hybridized carbons (Fsp3) is 0.300. The van der Waals surface area contributed by atoms with Crippen molar-refractivity contribution in [3.63, 3.8) is 0 Å². The van der Waals surface area contributed by atoms with E-state index in [1.54, 1.807) is 4.90 Å². The molecule has 1 fully saturated rings. The number of hydrogen-bond donors (Lipinski definition) is 0. The van der Waals surface area contributed by atoms with Crippen molar-refractivity contribution in [1.29, 1.82) is 5.26 Å². The average molecular weight is 492 g/mol. The van der Waals surface area contributed by atoms with Crippen molar-refractivity contribution in [3.05, 3.63) is 72.2 Å². The van der Waals surface area contributed by atoms with Gasteiger partial charge in [0.2, 0.25) is 5.91 Å². The second-order valence-corrected chi connectivity index (χ2v) is 10.2. The minimum Gasteiger partial charge on any atom is -0.491 e. The minimum atomic E-state index is 0.101. The fourth-order valence-electron chi connectivity index (χ4n) is 5.65. The molecule has 1 atom stereocenters. The Bertz CT molecular complexity index is 1530. The second kappa shape index (κ2) is 9.38. The molecule has 37 heavy (non-hydrogen) atoms. The van der Waals surface area contributed by atoms with E-state index < -0.39 is 0 Å². The number of ether oxygens (including phenoxy) is 1. The van der Waals surface area contributed by atoms with Crippen LogP contribution in [-0.2, 0) is 11.2 Å². The Hall–Kier alpha value is -4.15. The third-order valence-electron chi connectivity index (χ3n) is 7.61. The van der Waals surface area contributed by atoms with Gasteiger partial charge in [0.25, 0.3) is 0 Å². The summed E-state index contributed by atoms with van der Waals surface area (Å²) in [4.78, 5) is 20.9. The number of carbonyl (C=O) groups is 1. The molecule has 1 saturated heterocycles. The predicted octanol–water partition coefficient (Wildman–Crippen LogP) is 4.78. The van der Waals surface area contributed by atoms with Crippen molar-refractivity contribution in [2.75, 3.05) is 38.7 Å². The molecule has 7 nitrogen and oxygen atoms in total. The van der Waals surface area contributed by atoms with Crippen LogP contribution in [0.4, 0.5) is 5.69 Å². The molecule has 1 unspecified atom stereocenters. The highest BCUT2D eigenvalue weighted by atomic mass is 16.5. The van der Waals surface area contributed by atoms with Crippen LogP contribution >= 0.6 is 0 Å². The van der Waals surface area contributed by atoms with Crippen LogP contribution in [0, 0.1) is 17.2 Å². The highest BCUT2D eigenvalue weighted by molar-refractivity contribution is 6.01. The number of pyridine rings is 1. The summed E-state index contributed by atoms with van der Waals surface area (Å²) in [7, 11) is 3.99. The number of likely N-dealkylation sites (N-methyl/N-ethyl adjacent to an activating group) is 1. The molecule has 2 aromatic heterocycles. The van der Waals surface area contributed by atoms with E-state index in [1.807, 2.05) is 49.9 Å². The van der Waals surface area contributed by atoms with Crippen LogP contribution < -0.4 is 9.64 Å². The van der Waals surface area contributed by atoms with E-state index in [2.05, 4.69) is 45.6 Å². The van der Waals surface area contributed by atoms with E-state index in [1.165, 1.54) is 12.8 Å². The summed E-state index contributed by atoms with van der Waals surface area (Å²) in [6, 6.07) is 18.1. The molecule has 6 rings (SSSR count).